The van der Waals surface area contributed by atoms with Gasteiger partial charge < -0.3 is 19.1 Å². The van der Waals surface area contributed by atoms with Crippen molar-refractivity contribution in [2.45, 2.75) is 258 Å². The maximum atomic E-state index is 13.1. The van der Waals surface area contributed by atoms with Crippen molar-refractivity contribution < 1.29 is 28.6 Å². The normalized spacial score (nSPS) is 16.4. The lowest BCUT2D eigenvalue weighted by atomic mass is 9.86. The molecule has 2 rings (SSSR count). The van der Waals surface area contributed by atoms with Crippen molar-refractivity contribution in [1.29, 1.82) is 0 Å². The number of ether oxygens (including phenoxy) is 3. The summed E-state index contributed by atoms with van der Waals surface area (Å²) in [4.78, 5) is 40.6. The Morgan fingerprint density at radius 1 is 0.550 bits per heavy atom. The number of thioether (sulfide) groups is 2. The molecule has 0 saturated heterocycles. The van der Waals surface area contributed by atoms with E-state index in [0.717, 1.165) is 138 Å². The molecule has 7 nitrogen and oxygen atoms in total. The van der Waals surface area contributed by atoms with Crippen LogP contribution >= 0.6 is 23.5 Å². The van der Waals surface area contributed by atoms with Gasteiger partial charge in [0, 0.05) is 37.4 Å². The van der Waals surface area contributed by atoms with E-state index in [4.69, 9.17) is 14.2 Å². The number of amides is 1. The van der Waals surface area contributed by atoms with Crippen LogP contribution in [0.2, 0.25) is 0 Å². The van der Waals surface area contributed by atoms with Crippen molar-refractivity contribution in [2.75, 3.05) is 36.1 Å². The molecule has 2 unspecified atom stereocenters. The van der Waals surface area contributed by atoms with Gasteiger partial charge in [-0.3, -0.25) is 9.59 Å². The first-order valence-electron chi connectivity index (χ1n) is 25.6. The minimum Gasteiger partial charge on any atom is -0.461 e. The van der Waals surface area contributed by atoms with Crippen molar-refractivity contribution in [2.24, 2.45) is 11.8 Å². The first-order valence-corrected chi connectivity index (χ1v) is 27.9. The SMILES string of the molecule is CCCCCCC(CSCCCCCCN(CCCCCCSCC(CCCCCC)OC(=O)CCC1CCCCC1)C(=O)OC(C)(C)C)OC(=O)CCC1CCCCC1. The second-order valence-electron chi connectivity index (χ2n) is 19.5. The molecule has 0 aromatic rings. The van der Waals surface area contributed by atoms with Crippen LogP contribution in [-0.2, 0) is 23.8 Å². The van der Waals surface area contributed by atoms with Crippen LogP contribution in [0, 0.1) is 11.8 Å². The Balaban J connectivity index is 1.64. The third-order valence-corrected chi connectivity index (χ3v) is 14.9. The molecule has 2 aliphatic carbocycles. The molecule has 0 aromatic carbocycles. The highest BCUT2D eigenvalue weighted by molar-refractivity contribution is 7.99. The quantitative estimate of drug-likeness (QED) is 0.0350. The molecule has 0 aromatic heterocycles. The first-order chi connectivity index (χ1) is 29.1. The minimum absolute atomic E-state index is 0.0163. The Kier molecular flexibility index (Phi) is 33.3. The summed E-state index contributed by atoms with van der Waals surface area (Å²) in [5, 5.41) is 0. The van der Waals surface area contributed by atoms with E-state index in [2.05, 4.69) is 13.8 Å². The topological polar surface area (TPSA) is 82.1 Å². The highest BCUT2D eigenvalue weighted by atomic mass is 32.2. The van der Waals surface area contributed by atoms with Crippen molar-refractivity contribution in [3.05, 3.63) is 0 Å². The Bertz CT molecular complexity index is 989. The highest BCUT2D eigenvalue weighted by Crippen LogP contribution is 2.29. The number of hydrogen-bond acceptors (Lipinski definition) is 8. The third-order valence-electron chi connectivity index (χ3n) is 12.5. The Hall–Kier alpha value is -1.09. The maximum absolute atomic E-state index is 13.1. The van der Waals surface area contributed by atoms with Crippen molar-refractivity contribution >= 4 is 41.6 Å². The predicted molar refractivity (Wildman–Crippen MR) is 258 cm³/mol. The Labute approximate surface area is 379 Å². The lowest BCUT2D eigenvalue weighted by molar-refractivity contribution is -0.149. The van der Waals surface area contributed by atoms with Gasteiger partial charge in [0.2, 0.25) is 0 Å². The average molecular weight is 882 g/mol. The van der Waals surface area contributed by atoms with Gasteiger partial charge in [-0.25, -0.2) is 4.79 Å². The van der Waals surface area contributed by atoms with E-state index in [1.165, 1.54) is 103 Å². The van der Waals surface area contributed by atoms with Gasteiger partial charge in [0.15, 0.2) is 0 Å². The second-order valence-corrected chi connectivity index (χ2v) is 21.8. The number of nitrogens with zero attached hydrogens (tertiary/aromatic N) is 1. The molecule has 0 spiro atoms. The van der Waals surface area contributed by atoms with E-state index in [-0.39, 0.29) is 30.2 Å². The molecular weight excluding hydrogens is 787 g/mol. The smallest absolute Gasteiger partial charge is 0.410 e. The van der Waals surface area contributed by atoms with Gasteiger partial charge in [0.1, 0.15) is 17.8 Å². The summed E-state index contributed by atoms with van der Waals surface area (Å²) in [5.41, 5.74) is -0.501. The molecule has 2 fully saturated rings. The zero-order valence-corrected chi connectivity index (χ0v) is 41.5. The number of rotatable bonds is 36. The van der Waals surface area contributed by atoms with Crippen LogP contribution in [0.15, 0.2) is 0 Å². The first kappa shape index (κ1) is 55.0. The fourth-order valence-corrected chi connectivity index (χ4v) is 11.0. The lowest BCUT2D eigenvalue weighted by Crippen LogP contribution is -2.38. The number of esters is 2. The number of unbranched alkanes of at least 4 members (excludes halogenated alkanes) is 12. The molecule has 0 N–H and O–H groups in total. The fraction of sp³-hybridized carbons (Fsp3) is 0.941. The van der Waals surface area contributed by atoms with Crippen LogP contribution in [0.25, 0.3) is 0 Å². The number of carbonyl (C=O) groups excluding carboxylic acids is 3. The molecule has 0 aliphatic heterocycles. The van der Waals surface area contributed by atoms with E-state index in [0.29, 0.717) is 12.8 Å². The van der Waals surface area contributed by atoms with Crippen molar-refractivity contribution in [3.8, 4) is 0 Å². The number of hydrogen-bond donors (Lipinski definition) is 0. The maximum Gasteiger partial charge on any atom is 0.410 e. The summed E-state index contributed by atoms with van der Waals surface area (Å²) in [6.45, 7) is 11.8. The number of carbonyl (C=O) groups is 3. The molecule has 0 radical (unpaired) electrons. The summed E-state index contributed by atoms with van der Waals surface area (Å²) < 4.78 is 17.9. The van der Waals surface area contributed by atoms with Gasteiger partial charge >= 0.3 is 18.0 Å². The summed E-state index contributed by atoms with van der Waals surface area (Å²) in [6, 6.07) is 0. The molecule has 0 heterocycles. The van der Waals surface area contributed by atoms with Crippen molar-refractivity contribution in [3.63, 3.8) is 0 Å². The van der Waals surface area contributed by atoms with E-state index in [9.17, 15) is 14.4 Å². The van der Waals surface area contributed by atoms with Gasteiger partial charge in [-0.15, -0.1) is 0 Å². The van der Waals surface area contributed by atoms with E-state index < -0.39 is 5.60 Å². The third kappa shape index (κ3) is 30.9. The fourth-order valence-electron chi connectivity index (χ4n) is 8.81. The van der Waals surface area contributed by atoms with E-state index >= 15 is 0 Å². The van der Waals surface area contributed by atoms with Gasteiger partial charge in [-0.2, -0.15) is 23.5 Å². The van der Waals surface area contributed by atoms with Crippen LogP contribution in [0.1, 0.15) is 240 Å². The molecule has 9 heteroatoms. The zero-order chi connectivity index (χ0) is 43.5. The predicted octanol–water partition coefficient (Wildman–Crippen LogP) is 15.3. The zero-order valence-electron chi connectivity index (χ0n) is 39.9. The van der Waals surface area contributed by atoms with Crippen LogP contribution in [0.4, 0.5) is 4.79 Å². The molecule has 0 bridgehead atoms. The summed E-state index contributed by atoms with van der Waals surface area (Å²) in [7, 11) is 0. The summed E-state index contributed by atoms with van der Waals surface area (Å²) in [6.07, 6.45) is 36.6. The lowest BCUT2D eigenvalue weighted by Gasteiger charge is -2.27. The van der Waals surface area contributed by atoms with Gasteiger partial charge in [0.25, 0.3) is 0 Å². The van der Waals surface area contributed by atoms with Crippen molar-refractivity contribution in [1.82, 2.24) is 4.90 Å². The molecule has 2 aliphatic rings. The molecule has 60 heavy (non-hydrogen) atoms. The Morgan fingerprint density at radius 2 is 0.950 bits per heavy atom. The molecule has 2 atom stereocenters. The van der Waals surface area contributed by atoms with Crippen LogP contribution in [-0.4, -0.2) is 76.8 Å². The average Bonchev–Trinajstić information content (AvgIpc) is 3.23. The van der Waals surface area contributed by atoms with E-state index in [1.54, 1.807) is 0 Å². The second kappa shape index (κ2) is 36.3. The highest BCUT2D eigenvalue weighted by Gasteiger charge is 2.23. The molecular formula is C51H95NO6S2. The van der Waals surface area contributed by atoms with Crippen LogP contribution < -0.4 is 0 Å². The summed E-state index contributed by atoms with van der Waals surface area (Å²) >= 11 is 3.88. The van der Waals surface area contributed by atoms with Gasteiger partial charge in [-0.05, 0) is 108 Å². The standard InChI is InChI=1S/C51H95NO6S2/c1-6-8-10-22-32-46(56-48(53)36-34-44-28-18-16-19-29-44)42-59-40-26-14-12-24-38-52(50(55)58-51(3,4)5)39-25-13-15-27-41-60-43-47(33-23-11-9-7-2)57-49(54)37-35-45-30-20-17-21-31-45/h44-47H,6-43H2,1-5H3. The van der Waals surface area contributed by atoms with Gasteiger partial charge in [0.05, 0.1) is 0 Å². The van der Waals surface area contributed by atoms with E-state index in [1.807, 2.05) is 49.2 Å². The molecule has 2 saturated carbocycles. The van der Waals surface area contributed by atoms with Gasteiger partial charge in [-0.1, -0.05) is 142 Å². The molecule has 1 amide bonds. The minimum atomic E-state index is -0.501. The van der Waals surface area contributed by atoms with Crippen LogP contribution in [0.5, 0.6) is 0 Å². The van der Waals surface area contributed by atoms with Crippen LogP contribution in [0.3, 0.4) is 0 Å². The largest absolute Gasteiger partial charge is 0.461 e. The monoisotopic (exact) mass is 882 g/mol. The molecule has 352 valence electrons. The summed E-state index contributed by atoms with van der Waals surface area (Å²) in [5.74, 6) is 5.45. The Morgan fingerprint density at radius 3 is 1.35 bits per heavy atom.